The topological polar surface area (TPSA) is 43.1 Å². The van der Waals surface area contributed by atoms with Crippen molar-refractivity contribution >= 4 is 28.0 Å². The van der Waals surface area contributed by atoms with Gasteiger partial charge in [-0.05, 0) is 35.4 Å². The van der Waals surface area contributed by atoms with Gasteiger partial charge in [0.25, 0.3) is 11.5 Å². The Hall–Kier alpha value is -2.94. The third-order valence-electron chi connectivity index (χ3n) is 4.08. The van der Waals surface area contributed by atoms with Gasteiger partial charge in [0.15, 0.2) is 0 Å². The van der Waals surface area contributed by atoms with Gasteiger partial charge in [-0.3, -0.25) is 4.79 Å². The summed E-state index contributed by atoms with van der Waals surface area (Å²) in [6, 6.07) is 18.8. The molecule has 0 saturated carbocycles. The second kappa shape index (κ2) is 4.53. The number of hydrogen-bond acceptors (Lipinski definition) is 2. The molecule has 0 unspecified atom stereocenters. The molecule has 22 heavy (non-hydrogen) atoms. The van der Waals surface area contributed by atoms with Crippen LogP contribution in [0.4, 0.5) is 5.69 Å². The summed E-state index contributed by atoms with van der Waals surface area (Å²) in [6.45, 7) is 1.91. The highest BCUT2D eigenvalue weighted by Gasteiger charge is 2.37. The Labute approximate surface area is 127 Å². The molecule has 0 aromatic heterocycles. The van der Waals surface area contributed by atoms with E-state index in [9.17, 15) is 10.0 Å². The number of benzene rings is 3. The van der Waals surface area contributed by atoms with Gasteiger partial charge in [0, 0.05) is 6.07 Å². The van der Waals surface area contributed by atoms with Crippen LogP contribution in [0.5, 0.6) is 0 Å². The molecule has 0 saturated heterocycles. The standard InChI is InChI=1S/C19H13NO2/c1-12-9-10-16-17(11-12)20(22)18(19(16)21)15-8-4-6-13-5-2-3-7-14(13)15/h2-11H,1H3. The number of nitrogens with zero attached hydrogens (tertiary/aromatic N) is 1. The number of Topliss-reactive ketones (excluding diaryl/α,β-unsaturated/α-hetero) is 1. The van der Waals surface area contributed by atoms with E-state index in [1.165, 1.54) is 0 Å². The average Bonchev–Trinajstić information content (AvgIpc) is 2.78. The Bertz CT molecular complexity index is 965. The van der Waals surface area contributed by atoms with Crippen LogP contribution in [-0.2, 0) is 0 Å². The minimum Gasteiger partial charge on any atom is -0.618 e. The quantitative estimate of drug-likeness (QED) is 0.502. The number of aryl methyl sites for hydroxylation is 1. The first-order chi connectivity index (χ1) is 10.7. The van der Waals surface area contributed by atoms with E-state index in [0.717, 1.165) is 21.1 Å². The van der Waals surface area contributed by atoms with Crippen molar-refractivity contribution in [3.63, 3.8) is 0 Å². The van der Waals surface area contributed by atoms with Gasteiger partial charge in [-0.1, -0.05) is 42.5 Å². The molecule has 0 fully saturated rings. The van der Waals surface area contributed by atoms with Gasteiger partial charge < -0.3 is 5.21 Å². The van der Waals surface area contributed by atoms with Crippen molar-refractivity contribution in [1.82, 2.24) is 0 Å². The Balaban J connectivity index is 2.02. The minimum atomic E-state index is -0.207. The smallest absolute Gasteiger partial charge is 0.273 e. The van der Waals surface area contributed by atoms with Crippen LogP contribution in [-0.4, -0.2) is 16.2 Å². The summed E-state index contributed by atoms with van der Waals surface area (Å²) in [5.74, 6) is -0.207. The Morgan fingerprint density at radius 1 is 0.909 bits per heavy atom. The normalized spacial score (nSPS) is 13.8. The maximum atomic E-state index is 12.7. The van der Waals surface area contributed by atoms with Crippen molar-refractivity contribution in [2.24, 2.45) is 0 Å². The zero-order valence-corrected chi connectivity index (χ0v) is 12.0. The van der Waals surface area contributed by atoms with E-state index in [1.807, 2.05) is 55.5 Å². The summed E-state index contributed by atoms with van der Waals surface area (Å²) in [4.78, 5) is 12.7. The highest BCUT2D eigenvalue weighted by Crippen LogP contribution is 2.31. The van der Waals surface area contributed by atoms with E-state index in [0.29, 0.717) is 16.8 Å². The third-order valence-corrected chi connectivity index (χ3v) is 4.08. The summed E-state index contributed by atoms with van der Waals surface area (Å²) in [7, 11) is 0. The molecule has 106 valence electrons. The van der Waals surface area contributed by atoms with Crippen LogP contribution < -0.4 is 0 Å². The van der Waals surface area contributed by atoms with E-state index in [4.69, 9.17) is 0 Å². The second-order valence-corrected chi connectivity index (χ2v) is 5.52. The summed E-state index contributed by atoms with van der Waals surface area (Å²) in [6.07, 6.45) is 0. The van der Waals surface area contributed by atoms with E-state index >= 15 is 0 Å². The predicted octanol–water partition coefficient (Wildman–Crippen LogP) is 3.98. The van der Waals surface area contributed by atoms with Gasteiger partial charge in [-0.2, -0.15) is 4.74 Å². The van der Waals surface area contributed by atoms with Gasteiger partial charge in [0.05, 0.1) is 5.56 Å². The lowest BCUT2D eigenvalue weighted by Crippen LogP contribution is -2.16. The molecule has 0 radical (unpaired) electrons. The summed E-state index contributed by atoms with van der Waals surface area (Å²) in [5.41, 5.74) is 2.77. The zero-order chi connectivity index (χ0) is 15.3. The molecule has 0 spiro atoms. The van der Waals surface area contributed by atoms with Crippen LogP contribution in [0.2, 0.25) is 0 Å². The summed E-state index contributed by atoms with van der Waals surface area (Å²) in [5, 5.41) is 14.6. The molecule has 1 heterocycles. The SMILES string of the molecule is Cc1ccc2c(c1)[N+]([O-])=C(c1cccc3ccccc13)C2=O. The van der Waals surface area contributed by atoms with Crippen molar-refractivity contribution in [2.75, 3.05) is 0 Å². The first kappa shape index (κ1) is 12.8. The van der Waals surface area contributed by atoms with Crippen LogP contribution in [0.25, 0.3) is 10.8 Å². The van der Waals surface area contributed by atoms with Crippen molar-refractivity contribution in [3.8, 4) is 0 Å². The maximum absolute atomic E-state index is 12.7. The van der Waals surface area contributed by atoms with E-state index in [2.05, 4.69) is 0 Å². The molecule has 3 heteroatoms. The lowest BCUT2D eigenvalue weighted by atomic mass is 9.97. The highest BCUT2D eigenvalue weighted by atomic mass is 16.5. The Morgan fingerprint density at radius 2 is 1.68 bits per heavy atom. The largest absolute Gasteiger partial charge is 0.618 e. The van der Waals surface area contributed by atoms with Crippen molar-refractivity contribution in [1.29, 1.82) is 0 Å². The van der Waals surface area contributed by atoms with E-state index in [-0.39, 0.29) is 11.5 Å². The van der Waals surface area contributed by atoms with Crippen LogP contribution in [0.15, 0.2) is 60.7 Å². The molecular formula is C19H13NO2. The summed E-state index contributed by atoms with van der Waals surface area (Å²) < 4.78 is 0.770. The third kappa shape index (κ3) is 1.69. The van der Waals surface area contributed by atoms with Crippen LogP contribution >= 0.6 is 0 Å². The van der Waals surface area contributed by atoms with E-state index in [1.54, 1.807) is 12.1 Å². The van der Waals surface area contributed by atoms with Gasteiger partial charge in [-0.15, -0.1) is 0 Å². The first-order valence-corrected chi connectivity index (χ1v) is 7.14. The molecule has 3 nitrogen and oxygen atoms in total. The molecule has 3 aromatic rings. The number of carbonyl (C=O) groups excluding carboxylic acids is 1. The number of ketones is 1. The van der Waals surface area contributed by atoms with Crippen molar-refractivity contribution in [3.05, 3.63) is 82.6 Å². The first-order valence-electron chi connectivity index (χ1n) is 7.14. The number of rotatable bonds is 1. The fourth-order valence-electron chi connectivity index (χ4n) is 3.01. The number of hydrogen-bond donors (Lipinski definition) is 0. The van der Waals surface area contributed by atoms with Crippen LogP contribution in [0, 0.1) is 12.1 Å². The molecule has 1 aliphatic heterocycles. The van der Waals surface area contributed by atoms with Crippen LogP contribution in [0.3, 0.4) is 0 Å². The summed E-state index contributed by atoms with van der Waals surface area (Å²) >= 11 is 0. The molecule has 0 bridgehead atoms. The average molecular weight is 287 g/mol. The fraction of sp³-hybridized carbons (Fsp3) is 0.0526. The Kier molecular flexibility index (Phi) is 2.63. The van der Waals surface area contributed by atoms with Crippen molar-refractivity contribution in [2.45, 2.75) is 6.92 Å². The van der Waals surface area contributed by atoms with E-state index < -0.39 is 0 Å². The van der Waals surface area contributed by atoms with Gasteiger partial charge in [0.1, 0.15) is 5.56 Å². The minimum absolute atomic E-state index is 0.206. The maximum Gasteiger partial charge on any atom is 0.273 e. The molecule has 0 amide bonds. The molecule has 3 aromatic carbocycles. The molecule has 0 atom stereocenters. The monoisotopic (exact) mass is 287 g/mol. The second-order valence-electron chi connectivity index (χ2n) is 5.52. The Morgan fingerprint density at radius 3 is 2.55 bits per heavy atom. The zero-order valence-electron chi connectivity index (χ0n) is 12.0. The van der Waals surface area contributed by atoms with Gasteiger partial charge in [-0.25, -0.2) is 0 Å². The molecule has 0 N–H and O–H groups in total. The lowest BCUT2D eigenvalue weighted by molar-refractivity contribution is -0.355. The lowest BCUT2D eigenvalue weighted by Gasteiger charge is -2.05. The predicted molar refractivity (Wildman–Crippen MR) is 86.9 cm³/mol. The molecule has 0 aliphatic carbocycles. The van der Waals surface area contributed by atoms with Crippen LogP contribution in [0.1, 0.15) is 21.5 Å². The van der Waals surface area contributed by atoms with Gasteiger partial charge in [0.2, 0.25) is 5.69 Å². The molecular weight excluding hydrogens is 274 g/mol. The fourth-order valence-corrected chi connectivity index (χ4v) is 3.01. The van der Waals surface area contributed by atoms with Crippen molar-refractivity contribution < 1.29 is 9.53 Å². The number of carbonyl (C=O) groups is 1. The molecule has 4 rings (SSSR count). The number of fused-ring (bicyclic) bond motifs is 2. The highest BCUT2D eigenvalue weighted by molar-refractivity contribution is 6.53. The molecule has 1 aliphatic rings. The van der Waals surface area contributed by atoms with Gasteiger partial charge >= 0.3 is 0 Å².